The van der Waals surface area contributed by atoms with Gasteiger partial charge in [-0.1, -0.05) is 17.7 Å². The van der Waals surface area contributed by atoms with Crippen molar-refractivity contribution >= 4 is 17.0 Å². The second-order valence-corrected chi connectivity index (χ2v) is 10.6. The minimum Gasteiger partial charge on any atom is -0.508 e. The summed E-state index contributed by atoms with van der Waals surface area (Å²) in [6.45, 7) is 9.52. The molecule has 0 bridgehead atoms. The lowest BCUT2D eigenvalue weighted by Gasteiger charge is -2.29. The zero-order chi connectivity index (χ0) is 25.5. The van der Waals surface area contributed by atoms with E-state index >= 15 is 0 Å². The minimum absolute atomic E-state index is 0.0464. The summed E-state index contributed by atoms with van der Waals surface area (Å²) in [6, 6.07) is 6.14. The van der Waals surface area contributed by atoms with Crippen LogP contribution in [0.15, 0.2) is 46.4 Å². The van der Waals surface area contributed by atoms with Crippen molar-refractivity contribution < 1.29 is 29.6 Å². The lowest BCUT2D eigenvalue weighted by atomic mass is 9.94. The molecule has 1 aliphatic rings. The van der Waals surface area contributed by atoms with Crippen LogP contribution in [0.3, 0.4) is 0 Å². The zero-order valence-corrected chi connectivity index (χ0v) is 21.0. The number of hydrogen-bond donors (Lipinski definition) is 4. The third-order valence-corrected chi connectivity index (χ3v) is 6.26. The van der Waals surface area contributed by atoms with Crippen LogP contribution in [0.25, 0.3) is 28.4 Å². The van der Waals surface area contributed by atoms with Crippen LogP contribution in [-0.2, 0) is 6.42 Å². The second-order valence-electron chi connectivity index (χ2n) is 10.6. The molecule has 0 spiro atoms. The van der Waals surface area contributed by atoms with Crippen LogP contribution in [0.5, 0.6) is 23.0 Å². The molecular formula is C29H34O6. The first-order valence-corrected chi connectivity index (χ1v) is 11.9. The molecule has 2 heterocycles. The molecule has 0 saturated heterocycles. The molecule has 1 aromatic heterocycles. The molecule has 0 radical (unpaired) electrons. The van der Waals surface area contributed by atoms with Gasteiger partial charge in [-0.15, -0.1) is 0 Å². The number of aliphatic hydroxyl groups is 1. The molecule has 4 N–H and O–H groups in total. The monoisotopic (exact) mass is 478 g/mol. The maximum absolute atomic E-state index is 11.3. The van der Waals surface area contributed by atoms with Gasteiger partial charge in [-0.3, -0.25) is 0 Å². The van der Waals surface area contributed by atoms with Crippen molar-refractivity contribution in [3.8, 4) is 34.3 Å². The van der Waals surface area contributed by atoms with E-state index in [1.54, 1.807) is 0 Å². The van der Waals surface area contributed by atoms with E-state index in [1.807, 2.05) is 52.8 Å². The molecule has 3 aromatic rings. The summed E-state index contributed by atoms with van der Waals surface area (Å²) in [7, 11) is 0. The smallest absolute Gasteiger partial charge is 0.170 e. The SMILES string of the molecule is C/C(=C\Cc1c(O)c2c(c3cc(-c4cc(O)cc(O)c4)oc13)C=CC(C)(C)O2)CCCC(C)(C)O. The largest absolute Gasteiger partial charge is 0.508 e. The van der Waals surface area contributed by atoms with Gasteiger partial charge in [-0.25, -0.2) is 0 Å². The fourth-order valence-corrected chi connectivity index (χ4v) is 4.41. The summed E-state index contributed by atoms with van der Waals surface area (Å²) in [5.41, 5.74) is 2.30. The molecule has 6 nitrogen and oxygen atoms in total. The van der Waals surface area contributed by atoms with Crippen molar-refractivity contribution in [1.29, 1.82) is 0 Å². The lowest BCUT2D eigenvalue weighted by Crippen LogP contribution is -2.27. The average Bonchev–Trinajstić information content (AvgIpc) is 3.17. The maximum atomic E-state index is 11.3. The Morgan fingerprint density at radius 3 is 2.40 bits per heavy atom. The predicted octanol–water partition coefficient (Wildman–Crippen LogP) is 6.83. The van der Waals surface area contributed by atoms with Gasteiger partial charge < -0.3 is 29.6 Å². The Labute approximate surface area is 205 Å². The molecule has 6 heteroatoms. The molecule has 35 heavy (non-hydrogen) atoms. The van der Waals surface area contributed by atoms with Crippen LogP contribution in [-0.4, -0.2) is 31.6 Å². The van der Waals surface area contributed by atoms with Crippen LogP contribution in [0, 0.1) is 0 Å². The first-order valence-electron chi connectivity index (χ1n) is 11.9. The number of fused-ring (bicyclic) bond motifs is 3. The minimum atomic E-state index is -0.689. The van der Waals surface area contributed by atoms with Crippen LogP contribution < -0.4 is 4.74 Å². The van der Waals surface area contributed by atoms with E-state index in [1.165, 1.54) is 18.2 Å². The quantitative estimate of drug-likeness (QED) is 0.278. The highest BCUT2D eigenvalue weighted by molar-refractivity contribution is 5.98. The van der Waals surface area contributed by atoms with Crippen LogP contribution in [0.2, 0.25) is 0 Å². The highest BCUT2D eigenvalue weighted by Gasteiger charge is 2.30. The van der Waals surface area contributed by atoms with Gasteiger partial charge in [-0.05, 0) is 84.6 Å². The van der Waals surface area contributed by atoms with Crippen LogP contribution >= 0.6 is 0 Å². The first kappa shape index (κ1) is 24.7. The third kappa shape index (κ3) is 5.49. The topological polar surface area (TPSA) is 103 Å². The fraction of sp³-hybridized carbons (Fsp3) is 0.379. The first-order chi connectivity index (χ1) is 16.3. The molecule has 0 fully saturated rings. The number of benzene rings is 2. The third-order valence-electron chi connectivity index (χ3n) is 6.26. The number of phenols is 3. The number of aromatic hydroxyl groups is 3. The van der Waals surface area contributed by atoms with Crippen molar-refractivity contribution in [2.75, 3.05) is 0 Å². The molecule has 1 aliphatic heterocycles. The van der Waals surface area contributed by atoms with Crippen molar-refractivity contribution in [1.82, 2.24) is 0 Å². The Hall–Kier alpha value is -3.38. The summed E-state index contributed by atoms with van der Waals surface area (Å²) in [4.78, 5) is 0. The van der Waals surface area contributed by atoms with Gasteiger partial charge in [0, 0.05) is 28.1 Å². The van der Waals surface area contributed by atoms with Gasteiger partial charge in [0.2, 0.25) is 0 Å². The highest BCUT2D eigenvalue weighted by atomic mass is 16.5. The molecule has 0 aliphatic carbocycles. The molecule has 186 valence electrons. The summed E-state index contributed by atoms with van der Waals surface area (Å²) < 4.78 is 12.4. The summed E-state index contributed by atoms with van der Waals surface area (Å²) in [6.07, 6.45) is 8.80. The van der Waals surface area contributed by atoms with Gasteiger partial charge in [-0.2, -0.15) is 0 Å². The van der Waals surface area contributed by atoms with E-state index in [-0.39, 0.29) is 17.2 Å². The van der Waals surface area contributed by atoms with Crippen LogP contribution in [0.4, 0.5) is 0 Å². The number of rotatable bonds is 7. The number of furan rings is 1. The van der Waals surface area contributed by atoms with E-state index in [9.17, 15) is 20.4 Å². The standard InChI is InChI=1S/C29H34O6/c1-17(7-6-11-28(2,3)33)8-9-22-25(32)27-21(10-12-29(4,5)35-27)23-16-24(34-26(22)23)18-13-19(30)15-20(31)14-18/h8,10,12-16,30-33H,6-7,9,11H2,1-5H3/b17-8+. The molecule has 0 atom stereocenters. The molecule has 0 amide bonds. The van der Waals surface area contributed by atoms with Crippen molar-refractivity contribution in [3.05, 3.63) is 53.1 Å². The van der Waals surface area contributed by atoms with E-state index in [0.29, 0.717) is 41.1 Å². The van der Waals surface area contributed by atoms with Gasteiger partial charge in [0.25, 0.3) is 0 Å². The fourth-order valence-electron chi connectivity index (χ4n) is 4.41. The Morgan fingerprint density at radius 1 is 1.06 bits per heavy atom. The van der Waals surface area contributed by atoms with E-state index in [0.717, 1.165) is 29.4 Å². The Balaban J connectivity index is 1.78. The number of phenolic OH excluding ortho intramolecular Hbond substituents is 3. The molecule has 0 unspecified atom stereocenters. The van der Waals surface area contributed by atoms with Gasteiger partial charge in [0.05, 0.1) is 5.60 Å². The molecule has 0 saturated carbocycles. The Morgan fingerprint density at radius 2 is 1.74 bits per heavy atom. The Bertz CT molecular complexity index is 1300. The summed E-state index contributed by atoms with van der Waals surface area (Å²) in [5, 5.41) is 41.9. The lowest BCUT2D eigenvalue weighted by molar-refractivity contribution is 0.0689. The number of ether oxygens (including phenoxy) is 1. The number of hydrogen-bond acceptors (Lipinski definition) is 6. The van der Waals surface area contributed by atoms with E-state index in [2.05, 4.69) is 6.08 Å². The predicted molar refractivity (Wildman–Crippen MR) is 138 cm³/mol. The molecular weight excluding hydrogens is 444 g/mol. The number of allylic oxidation sites excluding steroid dienone is 2. The zero-order valence-electron chi connectivity index (χ0n) is 21.0. The second kappa shape index (κ2) is 9.00. The highest BCUT2D eigenvalue weighted by Crippen LogP contribution is 2.48. The Kier molecular flexibility index (Phi) is 6.36. The average molecular weight is 479 g/mol. The molecule has 2 aromatic carbocycles. The van der Waals surface area contributed by atoms with Gasteiger partial charge >= 0.3 is 0 Å². The molecule has 4 rings (SSSR count). The maximum Gasteiger partial charge on any atom is 0.170 e. The van der Waals surface area contributed by atoms with Gasteiger partial charge in [0.1, 0.15) is 28.4 Å². The van der Waals surface area contributed by atoms with Crippen molar-refractivity contribution in [3.63, 3.8) is 0 Å². The van der Waals surface area contributed by atoms with Crippen LogP contribution in [0.1, 0.15) is 65.0 Å². The summed E-state index contributed by atoms with van der Waals surface area (Å²) in [5.74, 6) is 0.786. The van der Waals surface area contributed by atoms with Crippen molar-refractivity contribution in [2.45, 2.75) is 71.5 Å². The van der Waals surface area contributed by atoms with E-state index < -0.39 is 11.2 Å². The van der Waals surface area contributed by atoms with Crippen molar-refractivity contribution in [2.24, 2.45) is 0 Å². The summed E-state index contributed by atoms with van der Waals surface area (Å²) >= 11 is 0. The van der Waals surface area contributed by atoms with E-state index in [4.69, 9.17) is 9.15 Å². The van der Waals surface area contributed by atoms with Gasteiger partial charge in [0.15, 0.2) is 11.5 Å². The normalized spacial score (nSPS) is 15.3.